The molecule has 2 unspecified atom stereocenters. The largest absolute Gasteiger partial charge is 0.379 e. The van der Waals surface area contributed by atoms with E-state index in [1.54, 1.807) is 0 Å². The molecule has 2 atom stereocenters. The molecule has 0 radical (unpaired) electrons. The molecule has 0 amide bonds. The number of nitrogens with zero attached hydrogens (tertiary/aromatic N) is 1. The van der Waals surface area contributed by atoms with Gasteiger partial charge in [0.05, 0.1) is 19.0 Å². The van der Waals surface area contributed by atoms with E-state index in [4.69, 9.17) is 4.74 Å². The molecule has 2 aliphatic rings. The number of terminal acetylenes is 1. The highest BCUT2D eigenvalue weighted by atomic mass is 16.5. The van der Waals surface area contributed by atoms with E-state index < -0.39 is 0 Å². The standard InChI is InChI=1S/C33H39N3O.C2H2/c1-4-26(12-10-11-19-36-20-22-37-23-21-36)28-17-18-32(30-16-9-8-15-29(28)30)34-25(2)35-33(3)24-31(33)27-13-6-5-7-14-27;1-2/h4-10,12-18,31,34-35H,2,11,19-24H2,1,3H3;1-2H/b12-10-,26-4+;. The van der Waals surface area contributed by atoms with Crippen molar-refractivity contribution in [3.05, 3.63) is 108 Å². The fourth-order valence-corrected chi connectivity index (χ4v) is 5.51. The van der Waals surface area contributed by atoms with Crippen molar-refractivity contribution in [1.82, 2.24) is 10.2 Å². The van der Waals surface area contributed by atoms with Gasteiger partial charge >= 0.3 is 0 Å². The van der Waals surface area contributed by atoms with Crippen LogP contribution < -0.4 is 10.6 Å². The summed E-state index contributed by atoms with van der Waals surface area (Å²) < 4.78 is 5.46. The van der Waals surface area contributed by atoms with E-state index in [1.165, 1.54) is 27.5 Å². The van der Waals surface area contributed by atoms with E-state index in [2.05, 4.69) is 134 Å². The maximum atomic E-state index is 5.46. The first-order valence-corrected chi connectivity index (χ1v) is 13.8. The predicted molar refractivity (Wildman–Crippen MR) is 167 cm³/mol. The molecule has 1 aliphatic carbocycles. The number of hydrogen-bond acceptors (Lipinski definition) is 4. The molecule has 2 N–H and O–H groups in total. The molecular formula is C35H41N3O. The Hall–Kier alpha value is -3.78. The maximum absolute atomic E-state index is 5.46. The minimum atomic E-state index is 0.0331. The number of rotatable bonds is 10. The van der Waals surface area contributed by atoms with Gasteiger partial charge in [-0.05, 0) is 54.8 Å². The number of anilines is 1. The summed E-state index contributed by atoms with van der Waals surface area (Å²) in [5.41, 5.74) is 4.99. The molecule has 1 saturated carbocycles. The van der Waals surface area contributed by atoms with Gasteiger partial charge in [-0.2, -0.15) is 0 Å². The average molecular weight is 520 g/mol. The Morgan fingerprint density at radius 3 is 2.44 bits per heavy atom. The molecular weight excluding hydrogens is 478 g/mol. The van der Waals surface area contributed by atoms with Crippen LogP contribution >= 0.6 is 0 Å². The van der Waals surface area contributed by atoms with Gasteiger partial charge in [0.1, 0.15) is 0 Å². The molecule has 0 aromatic heterocycles. The number of morpholine rings is 1. The highest BCUT2D eigenvalue weighted by Gasteiger charge is 2.51. The van der Waals surface area contributed by atoms with Gasteiger partial charge < -0.3 is 15.4 Å². The number of benzene rings is 3. The van der Waals surface area contributed by atoms with Crippen LogP contribution in [0, 0.1) is 12.8 Å². The van der Waals surface area contributed by atoms with Crippen LogP contribution in [0.1, 0.15) is 43.7 Å². The van der Waals surface area contributed by atoms with Crippen LogP contribution in [0.4, 0.5) is 5.69 Å². The SMILES string of the molecule is C#C.C=C(Nc1ccc(C(/C=C\CCN2CCOCC2)=C/C)c2ccccc12)NC1(C)CC1c1ccccc1. The first kappa shape index (κ1) is 28.2. The molecule has 2 fully saturated rings. The van der Waals surface area contributed by atoms with Crippen LogP contribution in [0.2, 0.25) is 0 Å². The molecule has 5 rings (SSSR count). The second-order valence-electron chi connectivity index (χ2n) is 10.4. The first-order valence-electron chi connectivity index (χ1n) is 13.8. The minimum absolute atomic E-state index is 0.0331. The van der Waals surface area contributed by atoms with E-state index >= 15 is 0 Å². The Labute approximate surface area is 234 Å². The van der Waals surface area contributed by atoms with Crippen molar-refractivity contribution in [3.8, 4) is 12.8 Å². The van der Waals surface area contributed by atoms with Crippen molar-refractivity contribution in [3.63, 3.8) is 0 Å². The third-order valence-electron chi connectivity index (χ3n) is 7.72. The Balaban J connectivity index is 0.00000172. The fourth-order valence-electron chi connectivity index (χ4n) is 5.51. The zero-order chi connectivity index (χ0) is 27.7. The topological polar surface area (TPSA) is 36.5 Å². The number of fused-ring (bicyclic) bond motifs is 1. The lowest BCUT2D eigenvalue weighted by Gasteiger charge is -2.25. The van der Waals surface area contributed by atoms with Gasteiger partial charge in [0.2, 0.25) is 0 Å². The lowest BCUT2D eigenvalue weighted by atomic mass is 9.96. The van der Waals surface area contributed by atoms with Crippen LogP contribution in [0.5, 0.6) is 0 Å². The summed E-state index contributed by atoms with van der Waals surface area (Å²) in [6, 6.07) is 23.8. The number of hydrogen-bond donors (Lipinski definition) is 2. The number of allylic oxidation sites excluding steroid dienone is 3. The van der Waals surface area contributed by atoms with Crippen molar-refractivity contribution in [2.45, 2.75) is 38.1 Å². The van der Waals surface area contributed by atoms with Crippen LogP contribution in [0.15, 0.2) is 97.4 Å². The van der Waals surface area contributed by atoms with E-state index in [0.717, 1.165) is 57.2 Å². The molecule has 3 aromatic carbocycles. The highest BCUT2D eigenvalue weighted by molar-refractivity contribution is 6.02. The van der Waals surface area contributed by atoms with Gasteiger partial charge in [0.15, 0.2) is 0 Å². The van der Waals surface area contributed by atoms with Crippen molar-refractivity contribution in [1.29, 1.82) is 0 Å². The smallest absolute Gasteiger partial charge is 0.0961 e. The van der Waals surface area contributed by atoms with Gasteiger partial charge in [0.25, 0.3) is 0 Å². The quantitative estimate of drug-likeness (QED) is 0.220. The molecule has 4 heteroatoms. The first-order chi connectivity index (χ1) is 19.1. The summed E-state index contributed by atoms with van der Waals surface area (Å²) in [4.78, 5) is 2.48. The zero-order valence-corrected chi connectivity index (χ0v) is 23.3. The minimum Gasteiger partial charge on any atom is -0.379 e. The fraction of sp³-hybridized carbons (Fsp3) is 0.314. The second kappa shape index (κ2) is 13.3. The maximum Gasteiger partial charge on any atom is 0.0961 e. The Bertz CT molecular complexity index is 1330. The Kier molecular flexibility index (Phi) is 9.65. The zero-order valence-electron chi connectivity index (χ0n) is 23.3. The van der Waals surface area contributed by atoms with Crippen molar-refractivity contribution >= 4 is 22.0 Å². The highest BCUT2D eigenvalue weighted by Crippen LogP contribution is 2.51. The van der Waals surface area contributed by atoms with Crippen molar-refractivity contribution in [2.24, 2.45) is 0 Å². The molecule has 1 aliphatic heterocycles. The van der Waals surface area contributed by atoms with E-state index in [9.17, 15) is 0 Å². The van der Waals surface area contributed by atoms with E-state index in [-0.39, 0.29) is 5.54 Å². The molecule has 1 heterocycles. The normalized spacial score (nSPS) is 21.2. The number of ether oxygens (including phenoxy) is 1. The summed E-state index contributed by atoms with van der Waals surface area (Å²) in [5, 5.41) is 9.67. The van der Waals surface area contributed by atoms with E-state index in [1.807, 2.05) is 0 Å². The molecule has 0 spiro atoms. The van der Waals surface area contributed by atoms with Gasteiger partial charge in [0, 0.05) is 42.2 Å². The van der Waals surface area contributed by atoms with Gasteiger partial charge in [-0.25, -0.2) is 0 Å². The Morgan fingerprint density at radius 1 is 1.03 bits per heavy atom. The van der Waals surface area contributed by atoms with Crippen LogP contribution in [0.3, 0.4) is 0 Å². The van der Waals surface area contributed by atoms with Crippen LogP contribution in [-0.2, 0) is 4.74 Å². The average Bonchev–Trinajstić information content (AvgIpc) is 3.65. The Morgan fingerprint density at radius 2 is 1.72 bits per heavy atom. The molecule has 39 heavy (non-hydrogen) atoms. The third kappa shape index (κ3) is 7.00. The van der Waals surface area contributed by atoms with Gasteiger partial charge in [-0.3, -0.25) is 4.90 Å². The molecule has 4 nitrogen and oxygen atoms in total. The predicted octanol–water partition coefficient (Wildman–Crippen LogP) is 7.19. The van der Waals surface area contributed by atoms with E-state index in [0.29, 0.717) is 5.92 Å². The molecule has 0 bridgehead atoms. The molecule has 3 aromatic rings. The summed E-state index contributed by atoms with van der Waals surface area (Å²) in [7, 11) is 0. The number of nitrogens with one attached hydrogen (secondary N) is 2. The summed E-state index contributed by atoms with van der Waals surface area (Å²) in [5.74, 6) is 1.35. The summed E-state index contributed by atoms with van der Waals surface area (Å²) in [6.45, 7) is 13.6. The molecule has 202 valence electrons. The summed E-state index contributed by atoms with van der Waals surface area (Å²) in [6.07, 6.45) is 16.9. The van der Waals surface area contributed by atoms with Crippen molar-refractivity contribution < 1.29 is 4.74 Å². The van der Waals surface area contributed by atoms with Crippen LogP contribution in [0.25, 0.3) is 16.3 Å². The van der Waals surface area contributed by atoms with Gasteiger partial charge in [-0.15, -0.1) is 12.8 Å². The van der Waals surface area contributed by atoms with Crippen LogP contribution in [-0.4, -0.2) is 43.3 Å². The second-order valence-corrected chi connectivity index (χ2v) is 10.4. The lowest BCUT2D eigenvalue weighted by molar-refractivity contribution is 0.0387. The monoisotopic (exact) mass is 519 g/mol. The third-order valence-corrected chi connectivity index (χ3v) is 7.72. The summed E-state index contributed by atoms with van der Waals surface area (Å²) >= 11 is 0. The lowest BCUT2D eigenvalue weighted by Crippen LogP contribution is -2.36. The van der Waals surface area contributed by atoms with Crippen molar-refractivity contribution in [2.75, 3.05) is 38.2 Å². The van der Waals surface area contributed by atoms with Gasteiger partial charge in [-0.1, -0.05) is 85.5 Å². The molecule has 1 saturated heterocycles.